The minimum atomic E-state index is -0.191. The second-order valence-electron chi connectivity index (χ2n) is 5.09. The topological polar surface area (TPSA) is 85.3 Å². The van der Waals surface area contributed by atoms with Crippen LogP contribution in [0.1, 0.15) is 29.5 Å². The molecule has 0 aliphatic carbocycles. The molecule has 112 valence electrons. The molecule has 0 bridgehead atoms. The number of fused-ring (bicyclic) bond motifs is 1. The van der Waals surface area contributed by atoms with E-state index in [0.29, 0.717) is 16.9 Å². The molecule has 0 radical (unpaired) electrons. The third-order valence-electron chi connectivity index (χ3n) is 3.35. The van der Waals surface area contributed by atoms with Crippen LogP contribution in [-0.2, 0) is 6.42 Å². The number of hydrogen-bond donors (Lipinski definition) is 2. The van der Waals surface area contributed by atoms with Crippen molar-refractivity contribution in [1.29, 1.82) is 0 Å². The van der Waals surface area contributed by atoms with Gasteiger partial charge in [0.2, 0.25) is 0 Å². The lowest BCUT2D eigenvalue weighted by Gasteiger charge is -2.07. The molecular formula is C16H17N5O. The van der Waals surface area contributed by atoms with Crippen LogP contribution in [-0.4, -0.2) is 20.5 Å². The molecule has 2 heterocycles. The fraction of sp³-hybridized carbons (Fsp3) is 0.188. The number of rotatable bonds is 4. The molecule has 0 atom stereocenters. The highest BCUT2D eigenvalue weighted by atomic mass is 16.1. The predicted molar refractivity (Wildman–Crippen MR) is 85.8 cm³/mol. The summed E-state index contributed by atoms with van der Waals surface area (Å²) < 4.78 is 1.86. The Hall–Kier alpha value is -2.89. The maximum absolute atomic E-state index is 12.4. The lowest BCUT2D eigenvalue weighted by atomic mass is 10.2. The molecule has 6 nitrogen and oxygen atoms in total. The number of aryl methyl sites for hydroxylation is 1. The van der Waals surface area contributed by atoms with Crippen molar-refractivity contribution in [3.63, 3.8) is 0 Å². The van der Waals surface area contributed by atoms with E-state index >= 15 is 0 Å². The highest BCUT2D eigenvalue weighted by molar-refractivity contribution is 6.04. The molecule has 3 rings (SSSR count). The second kappa shape index (κ2) is 5.85. The molecule has 0 saturated carbocycles. The molecule has 0 unspecified atom stereocenters. The summed E-state index contributed by atoms with van der Waals surface area (Å²) in [6.45, 7) is 2.08. The molecule has 0 aliphatic rings. The maximum Gasteiger partial charge on any atom is 0.257 e. The number of benzene rings is 1. The van der Waals surface area contributed by atoms with E-state index in [1.165, 1.54) is 0 Å². The van der Waals surface area contributed by atoms with Crippen LogP contribution in [0, 0.1) is 0 Å². The molecule has 3 N–H and O–H groups in total. The van der Waals surface area contributed by atoms with Gasteiger partial charge in [0.15, 0.2) is 5.65 Å². The van der Waals surface area contributed by atoms with Gasteiger partial charge in [-0.05, 0) is 36.8 Å². The van der Waals surface area contributed by atoms with Crippen LogP contribution in [0.15, 0.2) is 42.6 Å². The second-order valence-corrected chi connectivity index (χ2v) is 5.09. The monoisotopic (exact) mass is 295 g/mol. The van der Waals surface area contributed by atoms with Crippen molar-refractivity contribution in [2.24, 2.45) is 0 Å². The molecule has 6 heteroatoms. The summed E-state index contributed by atoms with van der Waals surface area (Å²) in [6, 6.07) is 10.6. The van der Waals surface area contributed by atoms with E-state index in [2.05, 4.69) is 22.4 Å². The number of nitrogen functional groups attached to an aromatic ring is 1. The fourth-order valence-corrected chi connectivity index (χ4v) is 2.29. The van der Waals surface area contributed by atoms with Crippen LogP contribution in [0.2, 0.25) is 0 Å². The minimum absolute atomic E-state index is 0.191. The van der Waals surface area contributed by atoms with Gasteiger partial charge in [-0.3, -0.25) is 9.20 Å². The van der Waals surface area contributed by atoms with Crippen molar-refractivity contribution in [2.75, 3.05) is 11.1 Å². The Morgan fingerprint density at radius 1 is 1.27 bits per heavy atom. The van der Waals surface area contributed by atoms with Crippen LogP contribution in [0.4, 0.5) is 11.4 Å². The van der Waals surface area contributed by atoms with Gasteiger partial charge >= 0.3 is 0 Å². The van der Waals surface area contributed by atoms with Gasteiger partial charge < -0.3 is 11.1 Å². The molecule has 3 aromatic rings. The average molecular weight is 295 g/mol. The highest BCUT2D eigenvalue weighted by Gasteiger charge is 2.10. The van der Waals surface area contributed by atoms with Crippen molar-refractivity contribution in [3.8, 4) is 0 Å². The minimum Gasteiger partial charge on any atom is -0.399 e. The Balaban J connectivity index is 1.88. The van der Waals surface area contributed by atoms with E-state index in [9.17, 15) is 4.79 Å². The van der Waals surface area contributed by atoms with E-state index in [1.54, 1.807) is 42.6 Å². The van der Waals surface area contributed by atoms with E-state index in [1.807, 2.05) is 4.40 Å². The van der Waals surface area contributed by atoms with Gasteiger partial charge in [0.05, 0.1) is 5.56 Å². The van der Waals surface area contributed by atoms with Gasteiger partial charge in [0, 0.05) is 24.0 Å². The molecule has 1 amide bonds. The summed E-state index contributed by atoms with van der Waals surface area (Å²) in [5, 5.41) is 11.1. The number of hydrogen-bond acceptors (Lipinski definition) is 4. The number of aromatic nitrogens is 3. The van der Waals surface area contributed by atoms with Gasteiger partial charge in [0.25, 0.3) is 5.91 Å². The van der Waals surface area contributed by atoms with Gasteiger partial charge in [-0.25, -0.2) is 0 Å². The first-order valence-electron chi connectivity index (χ1n) is 7.18. The standard InChI is InChI=1S/C16H17N5O/c1-2-4-14-19-20-15-8-7-11(10-21(14)15)16(22)18-13-6-3-5-12(17)9-13/h3,5-10H,2,4,17H2,1H3,(H,18,22). The maximum atomic E-state index is 12.4. The fourth-order valence-electron chi connectivity index (χ4n) is 2.29. The number of carbonyl (C=O) groups is 1. The van der Waals surface area contributed by atoms with Crippen LogP contribution >= 0.6 is 0 Å². The number of anilines is 2. The Morgan fingerprint density at radius 3 is 2.91 bits per heavy atom. The first-order valence-corrected chi connectivity index (χ1v) is 7.18. The van der Waals surface area contributed by atoms with E-state index in [0.717, 1.165) is 24.3 Å². The van der Waals surface area contributed by atoms with E-state index in [-0.39, 0.29) is 5.91 Å². The third kappa shape index (κ3) is 2.76. The van der Waals surface area contributed by atoms with Gasteiger partial charge in [0.1, 0.15) is 5.82 Å². The number of carbonyl (C=O) groups excluding carboxylic acids is 1. The number of pyridine rings is 1. The van der Waals surface area contributed by atoms with Crippen LogP contribution < -0.4 is 11.1 Å². The lowest BCUT2D eigenvalue weighted by Crippen LogP contribution is -2.13. The summed E-state index contributed by atoms with van der Waals surface area (Å²) in [5.74, 6) is 0.666. The molecule has 0 aliphatic heterocycles. The zero-order chi connectivity index (χ0) is 15.5. The molecule has 22 heavy (non-hydrogen) atoms. The predicted octanol–water partition coefficient (Wildman–Crippen LogP) is 2.52. The van der Waals surface area contributed by atoms with E-state index < -0.39 is 0 Å². The van der Waals surface area contributed by atoms with Crippen LogP contribution in [0.3, 0.4) is 0 Å². The molecule has 2 aromatic heterocycles. The molecule has 0 spiro atoms. The Morgan fingerprint density at radius 2 is 2.14 bits per heavy atom. The van der Waals surface area contributed by atoms with Crippen molar-refractivity contribution in [3.05, 3.63) is 54.0 Å². The average Bonchev–Trinajstić information content (AvgIpc) is 2.90. The molecule has 0 fully saturated rings. The summed E-state index contributed by atoms with van der Waals surface area (Å²) >= 11 is 0. The van der Waals surface area contributed by atoms with Crippen molar-refractivity contribution in [1.82, 2.24) is 14.6 Å². The number of nitrogens with zero attached hydrogens (tertiary/aromatic N) is 3. The number of nitrogens with two attached hydrogens (primary N) is 1. The Labute approximate surface area is 128 Å². The molecular weight excluding hydrogens is 278 g/mol. The van der Waals surface area contributed by atoms with Crippen molar-refractivity contribution in [2.45, 2.75) is 19.8 Å². The quantitative estimate of drug-likeness (QED) is 0.724. The number of nitrogens with one attached hydrogen (secondary N) is 1. The van der Waals surface area contributed by atoms with Gasteiger partial charge in [-0.2, -0.15) is 0 Å². The Bertz CT molecular complexity index is 824. The third-order valence-corrected chi connectivity index (χ3v) is 3.35. The SMILES string of the molecule is CCCc1nnc2ccc(C(=O)Nc3cccc(N)c3)cn12. The van der Waals surface area contributed by atoms with Crippen LogP contribution in [0.5, 0.6) is 0 Å². The normalized spacial score (nSPS) is 10.8. The smallest absolute Gasteiger partial charge is 0.257 e. The zero-order valence-electron chi connectivity index (χ0n) is 12.3. The highest BCUT2D eigenvalue weighted by Crippen LogP contribution is 2.14. The zero-order valence-corrected chi connectivity index (χ0v) is 12.3. The summed E-state index contributed by atoms with van der Waals surface area (Å²) in [6.07, 6.45) is 3.56. The van der Waals surface area contributed by atoms with Crippen molar-refractivity contribution < 1.29 is 4.79 Å². The number of amides is 1. The van der Waals surface area contributed by atoms with Crippen molar-refractivity contribution >= 4 is 22.9 Å². The molecule has 1 aromatic carbocycles. The van der Waals surface area contributed by atoms with Crippen LogP contribution in [0.25, 0.3) is 5.65 Å². The lowest BCUT2D eigenvalue weighted by molar-refractivity contribution is 0.102. The van der Waals surface area contributed by atoms with Gasteiger partial charge in [-0.1, -0.05) is 13.0 Å². The Kier molecular flexibility index (Phi) is 3.74. The first kappa shape index (κ1) is 14.1. The summed E-state index contributed by atoms with van der Waals surface area (Å²) in [7, 11) is 0. The molecule has 0 saturated heterocycles. The summed E-state index contributed by atoms with van der Waals surface area (Å²) in [4.78, 5) is 12.4. The first-order chi connectivity index (χ1) is 10.7. The summed E-state index contributed by atoms with van der Waals surface area (Å²) in [5.41, 5.74) is 8.28. The largest absolute Gasteiger partial charge is 0.399 e. The van der Waals surface area contributed by atoms with E-state index in [4.69, 9.17) is 5.73 Å². The van der Waals surface area contributed by atoms with Gasteiger partial charge in [-0.15, -0.1) is 10.2 Å².